The lowest BCUT2D eigenvalue weighted by atomic mass is 10.3. The maximum Gasteiger partial charge on any atom is 0.246 e. The molecule has 23 heavy (non-hydrogen) atoms. The highest BCUT2D eigenvalue weighted by atomic mass is 32.2. The van der Waals surface area contributed by atoms with Gasteiger partial charge in [0.25, 0.3) is 0 Å². The van der Waals surface area contributed by atoms with E-state index in [0.717, 1.165) is 19.6 Å². The summed E-state index contributed by atoms with van der Waals surface area (Å²) in [5.74, 6) is 0.0224. The molecule has 0 aromatic carbocycles. The monoisotopic (exact) mass is 353 g/mol. The Kier molecular flexibility index (Phi) is 9.65. The normalized spacial score (nSPS) is 17.3. The first-order valence-electron chi connectivity index (χ1n) is 8.12. The number of carbonyl (C=O) groups excluding carboxylic acids is 1. The molecule has 1 heterocycles. The van der Waals surface area contributed by atoms with Gasteiger partial charge in [-0.05, 0) is 13.8 Å². The van der Waals surface area contributed by atoms with Gasteiger partial charge in [0.2, 0.25) is 15.9 Å². The Morgan fingerprint density at radius 2 is 1.83 bits per heavy atom. The van der Waals surface area contributed by atoms with Crippen molar-refractivity contribution >= 4 is 15.9 Å². The van der Waals surface area contributed by atoms with Gasteiger partial charge in [0.15, 0.2) is 0 Å². The van der Waals surface area contributed by atoms with Crippen LogP contribution in [0.3, 0.4) is 0 Å². The lowest BCUT2D eigenvalue weighted by molar-refractivity contribution is -0.125. The molecule has 9 heteroatoms. The summed E-state index contributed by atoms with van der Waals surface area (Å²) in [6.07, 6.45) is 0. The topological polar surface area (TPSA) is 88.2 Å². The first-order chi connectivity index (χ1) is 11.0. The molecule has 0 atom stereocenters. The average Bonchev–Trinajstić information content (AvgIpc) is 2.56. The number of nitrogens with one attached hydrogen (secondary N) is 1. The Morgan fingerprint density at radius 3 is 2.43 bits per heavy atom. The van der Waals surface area contributed by atoms with Crippen LogP contribution < -0.4 is 5.32 Å². The van der Waals surface area contributed by atoms with Crippen molar-refractivity contribution in [2.75, 3.05) is 71.4 Å². The van der Waals surface area contributed by atoms with E-state index < -0.39 is 10.0 Å². The second kappa shape index (κ2) is 10.9. The fourth-order valence-electron chi connectivity index (χ4n) is 2.22. The van der Waals surface area contributed by atoms with Crippen LogP contribution in [0.2, 0.25) is 0 Å². The van der Waals surface area contributed by atoms with E-state index in [1.54, 1.807) is 11.2 Å². The van der Waals surface area contributed by atoms with Crippen molar-refractivity contribution in [3.05, 3.63) is 0 Å². The summed E-state index contributed by atoms with van der Waals surface area (Å²) in [5.41, 5.74) is 0. The molecule has 1 aliphatic heterocycles. The minimum atomic E-state index is -3.07. The summed E-state index contributed by atoms with van der Waals surface area (Å²) < 4.78 is 35.5. The Balaban J connectivity index is 0.00000529. The maximum absolute atomic E-state index is 11.8. The number of carbonyl (C=O) groups is 1. The largest absolute Gasteiger partial charge is 0.378 e. The first kappa shape index (κ1) is 20.3. The van der Waals surface area contributed by atoms with Crippen LogP contribution in [0.1, 0.15) is 15.3 Å². The van der Waals surface area contributed by atoms with E-state index in [4.69, 9.17) is 9.47 Å². The lowest BCUT2D eigenvalue weighted by Gasteiger charge is -2.33. The summed E-state index contributed by atoms with van der Waals surface area (Å²) in [6.45, 7) is 8.94. The number of ether oxygens (including phenoxy) is 2. The molecule has 0 unspecified atom stereocenters. The average molecular weight is 353 g/mol. The zero-order valence-electron chi connectivity index (χ0n) is 14.1. The number of sulfonamides is 1. The zero-order chi connectivity index (χ0) is 17.1. The molecule has 1 amide bonds. The van der Waals surface area contributed by atoms with Crippen molar-refractivity contribution < 1.29 is 24.1 Å². The molecule has 0 saturated carbocycles. The van der Waals surface area contributed by atoms with Gasteiger partial charge in [-0.25, -0.2) is 8.42 Å². The first-order valence-corrected chi connectivity index (χ1v) is 9.73. The van der Waals surface area contributed by atoms with Crippen molar-refractivity contribution in [2.45, 2.75) is 13.8 Å². The van der Waals surface area contributed by atoms with Gasteiger partial charge < -0.3 is 14.8 Å². The van der Waals surface area contributed by atoms with Crippen LogP contribution in [0.25, 0.3) is 0 Å². The fraction of sp³-hybridized carbons (Fsp3) is 0.929. The highest BCUT2D eigenvalue weighted by Crippen LogP contribution is 2.07. The van der Waals surface area contributed by atoms with Gasteiger partial charge in [-0.1, -0.05) is 0 Å². The van der Waals surface area contributed by atoms with E-state index >= 15 is 0 Å². The molecule has 1 fully saturated rings. The van der Waals surface area contributed by atoms with Crippen LogP contribution in [0.4, 0.5) is 0 Å². The maximum atomic E-state index is 11.8. The van der Waals surface area contributed by atoms with E-state index in [2.05, 4.69) is 10.2 Å². The van der Waals surface area contributed by atoms with Crippen molar-refractivity contribution in [2.24, 2.45) is 0 Å². The van der Waals surface area contributed by atoms with Gasteiger partial charge in [0.05, 0.1) is 19.0 Å². The molecule has 1 N–H and O–H groups in total. The Labute approximate surface area is 140 Å². The summed E-state index contributed by atoms with van der Waals surface area (Å²) in [5, 5.41) is 2.71. The summed E-state index contributed by atoms with van der Waals surface area (Å²) >= 11 is 0. The summed E-state index contributed by atoms with van der Waals surface area (Å²) in [6, 6.07) is 0. The number of hydrogen-bond donors (Lipinski definition) is 1. The zero-order valence-corrected chi connectivity index (χ0v) is 14.9. The van der Waals surface area contributed by atoms with Gasteiger partial charge in [0.1, 0.15) is 6.61 Å². The van der Waals surface area contributed by atoms with Crippen LogP contribution in [-0.4, -0.2) is 95.0 Å². The minimum Gasteiger partial charge on any atom is -0.378 e. The molecule has 0 aromatic rings. The molecule has 1 saturated heterocycles. The van der Waals surface area contributed by atoms with Crippen molar-refractivity contribution in [3.8, 4) is 0 Å². The number of amides is 1. The highest BCUT2D eigenvalue weighted by molar-refractivity contribution is 7.89. The molecule has 0 bridgehead atoms. The van der Waals surface area contributed by atoms with Crippen molar-refractivity contribution in [1.82, 2.24) is 14.5 Å². The molecule has 8 nitrogen and oxygen atoms in total. The minimum absolute atomic E-state index is 0. The Hall–Kier alpha value is -0.740. The Bertz CT molecular complexity index is 442. The standard InChI is InChI=1S/C14H29N3O5S.H2/c1-3-21-13-14(18)15-5-11-22-12-10-16-6-8-17(9-7-16)23(19,20)4-2;/h3-13H2,1-2H3,(H,15,18);1H. The van der Waals surface area contributed by atoms with E-state index in [0.29, 0.717) is 39.5 Å². The van der Waals surface area contributed by atoms with E-state index in [1.807, 2.05) is 6.92 Å². The summed E-state index contributed by atoms with van der Waals surface area (Å²) in [7, 11) is -3.07. The molecule has 138 valence electrons. The number of rotatable bonds is 11. The van der Waals surface area contributed by atoms with E-state index in [-0.39, 0.29) is 19.7 Å². The second-order valence-electron chi connectivity index (χ2n) is 5.24. The molecular formula is C14H31N3O5S. The molecule has 0 aromatic heterocycles. The van der Waals surface area contributed by atoms with E-state index in [9.17, 15) is 13.2 Å². The third-order valence-corrected chi connectivity index (χ3v) is 5.53. The fourth-order valence-corrected chi connectivity index (χ4v) is 3.30. The predicted molar refractivity (Wildman–Crippen MR) is 89.9 cm³/mol. The number of hydrogen-bond acceptors (Lipinski definition) is 6. The molecule has 0 aliphatic carbocycles. The van der Waals surface area contributed by atoms with Crippen LogP contribution in [-0.2, 0) is 24.3 Å². The van der Waals surface area contributed by atoms with Gasteiger partial charge in [-0.15, -0.1) is 0 Å². The third kappa shape index (κ3) is 8.07. The number of nitrogens with zero attached hydrogens (tertiary/aromatic N) is 2. The van der Waals surface area contributed by atoms with Crippen molar-refractivity contribution in [1.29, 1.82) is 0 Å². The van der Waals surface area contributed by atoms with Crippen LogP contribution >= 0.6 is 0 Å². The quantitative estimate of drug-likeness (QED) is 0.498. The SMILES string of the molecule is CCOCC(=O)NCCOCCN1CCN(S(=O)(=O)CC)CC1.[HH]. The van der Waals surface area contributed by atoms with Gasteiger partial charge in [-0.2, -0.15) is 4.31 Å². The molecule has 0 radical (unpaired) electrons. The Morgan fingerprint density at radius 1 is 1.13 bits per heavy atom. The lowest BCUT2D eigenvalue weighted by Crippen LogP contribution is -2.49. The second-order valence-corrected chi connectivity index (χ2v) is 7.50. The molecule has 1 aliphatic rings. The molecular weight excluding hydrogens is 322 g/mol. The smallest absolute Gasteiger partial charge is 0.246 e. The van der Waals surface area contributed by atoms with Crippen molar-refractivity contribution in [3.63, 3.8) is 0 Å². The van der Waals surface area contributed by atoms with E-state index in [1.165, 1.54) is 0 Å². The summed E-state index contributed by atoms with van der Waals surface area (Å²) in [4.78, 5) is 13.5. The highest BCUT2D eigenvalue weighted by Gasteiger charge is 2.24. The van der Waals surface area contributed by atoms with Gasteiger partial charge in [-0.3, -0.25) is 9.69 Å². The third-order valence-electron chi connectivity index (χ3n) is 3.65. The predicted octanol–water partition coefficient (Wildman–Crippen LogP) is -0.631. The van der Waals surface area contributed by atoms with Crippen LogP contribution in [0, 0.1) is 0 Å². The van der Waals surface area contributed by atoms with Gasteiger partial charge >= 0.3 is 0 Å². The molecule has 1 rings (SSSR count). The van der Waals surface area contributed by atoms with Crippen LogP contribution in [0.15, 0.2) is 0 Å². The molecule has 0 spiro atoms. The number of piperazine rings is 1. The van der Waals surface area contributed by atoms with Crippen LogP contribution in [0.5, 0.6) is 0 Å². The van der Waals surface area contributed by atoms with Gasteiger partial charge in [0, 0.05) is 47.3 Å².